The number of rotatable bonds is 5. The lowest BCUT2D eigenvalue weighted by atomic mass is 10.1. The number of nitrogens with zero attached hydrogens (tertiary/aromatic N) is 4. The molecule has 7 nitrogen and oxygen atoms in total. The van der Waals surface area contributed by atoms with Gasteiger partial charge in [-0.2, -0.15) is 0 Å². The van der Waals surface area contributed by atoms with Crippen LogP contribution in [-0.2, 0) is 24.3 Å². The van der Waals surface area contributed by atoms with Gasteiger partial charge in [-0.1, -0.05) is 0 Å². The van der Waals surface area contributed by atoms with Crippen LogP contribution in [0.15, 0.2) is 0 Å². The fourth-order valence-corrected chi connectivity index (χ4v) is 3.39. The van der Waals surface area contributed by atoms with Crippen molar-refractivity contribution in [2.45, 2.75) is 59.2 Å². The highest BCUT2D eigenvalue weighted by Crippen LogP contribution is 2.21. The van der Waals surface area contributed by atoms with E-state index >= 15 is 0 Å². The van der Waals surface area contributed by atoms with Gasteiger partial charge in [-0.3, -0.25) is 10.1 Å². The lowest BCUT2D eigenvalue weighted by Crippen LogP contribution is -2.38. The molecule has 1 unspecified atom stereocenters. The Labute approximate surface area is 139 Å². The van der Waals surface area contributed by atoms with Crippen molar-refractivity contribution in [1.29, 1.82) is 0 Å². The summed E-state index contributed by atoms with van der Waals surface area (Å²) in [4.78, 5) is 17.7. The number of fused-ring (bicyclic) bond motifs is 1. The zero-order chi connectivity index (χ0) is 16.4. The topological polar surface area (TPSA) is 84.7 Å². The second-order valence-electron chi connectivity index (χ2n) is 5.89. The van der Waals surface area contributed by atoms with E-state index in [2.05, 4.69) is 30.4 Å². The van der Waals surface area contributed by atoms with Crippen molar-refractivity contribution in [3.63, 3.8) is 0 Å². The third-order valence-electron chi connectivity index (χ3n) is 4.15. The van der Waals surface area contributed by atoms with Crippen LogP contribution < -0.4 is 10.6 Å². The molecule has 2 N–H and O–H groups in total. The number of thiazole rings is 1. The predicted octanol–water partition coefficient (Wildman–Crippen LogP) is 1.80. The van der Waals surface area contributed by atoms with Crippen molar-refractivity contribution in [3.8, 4) is 0 Å². The highest BCUT2D eigenvalue weighted by molar-refractivity contribution is 7.15. The summed E-state index contributed by atoms with van der Waals surface area (Å²) in [6.45, 7) is 7.29. The van der Waals surface area contributed by atoms with Crippen LogP contribution in [0.25, 0.3) is 0 Å². The molecule has 3 rings (SSSR count). The summed E-state index contributed by atoms with van der Waals surface area (Å²) >= 11 is 1.50. The molecule has 0 radical (unpaired) electrons. The van der Waals surface area contributed by atoms with Crippen LogP contribution in [0.4, 0.5) is 5.13 Å². The van der Waals surface area contributed by atoms with E-state index < -0.39 is 0 Å². The highest BCUT2D eigenvalue weighted by atomic mass is 32.1. The van der Waals surface area contributed by atoms with Crippen molar-refractivity contribution in [2.24, 2.45) is 0 Å². The molecule has 0 bridgehead atoms. The van der Waals surface area contributed by atoms with Gasteiger partial charge in [0.1, 0.15) is 11.6 Å². The Morgan fingerprint density at radius 2 is 2.17 bits per heavy atom. The molecule has 0 aromatic carbocycles. The molecule has 1 amide bonds. The van der Waals surface area contributed by atoms with E-state index in [-0.39, 0.29) is 11.9 Å². The molecule has 0 aliphatic carbocycles. The smallest absolute Gasteiger partial charge is 0.243 e. The van der Waals surface area contributed by atoms with Gasteiger partial charge in [0, 0.05) is 17.8 Å². The zero-order valence-electron chi connectivity index (χ0n) is 13.7. The minimum Gasteiger partial charge on any atom is -0.314 e. The van der Waals surface area contributed by atoms with Gasteiger partial charge < -0.3 is 9.88 Å². The van der Waals surface area contributed by atoms with Gasteiger partial charge in [-0.05, 0) is 33.6 Å². The fraction of sp³-hybridized carbons (Fsp3) is 0.600. The average molecular weight is 334 g/mol. The molecular weight excluding hydrogens is 312 g/mol. The molecule has 8 heteroatoms. The molecule has 23 heavy (non-hydrogen) atoms. The second-order valence-corrected chi connectivity index (χ2v) is 7.10. The number of hydrogen-bond donors (Lipinski definition) is 2. The van der Waals surface area contributed by atoms with Crippen LogP contribution >= 0.6 is 11.3 Å². The van der Waals surface area contributed by atoms with E-state index in [9.17, 15) is 4.79 Å². The van der Waals surface area contributed by atoms with E-state index in [0.717, 1.165) is 41.6 Å². The van der Waals surface area contributed by atoms with Gasteiger partial charge in [0.2, 0.25) is 5.91 Å². The predicted molar refractivity (Wildman–Crippen MR) is 89.5 cm³/mol. The number of hydrogen-bond acceptors (Lipinski definition) is 6. The summed E-state index contributed by atoms with van der Waals surface area (Å²) in [5, 5.41) is 15.2. The Hall–Kier alpha value is -1.80. The monoisotopic (exact) mass is 334 g/mol. The molecule has 2 aromatic heterocycles. The number of nitrogens with one attached hydrogen (secondary N) is 2. The summed E-state index contributed by atoms with van der Waals surface area (Å²) in [7, 11) is 0. The van der Waals surface area contributed by atoms with Crippen LogP contribution in [0, 0.1) is 13.8 Å². The molecule has 124 valence electrons. The maximum absolute atomic E-state index is 12.2. The zero-order valence-corrected chi connectivity index (χ0v) is 14.5. The number of aromatic nitrogens is 4. The van der Waals surface area contributed by atoms with Crippen LogP contribution in [0.2, 0.25) is 0 Å². The molecular formula is C15H22N6OS. The minimum absolute atomic E-state index is 0.0860. The van der Waals surface area contributed by atoms with Gasteiger partial charge in [-0.25, -0.2) is 4.98 Å². The SMILES string of the molecule is Cc1nc(NC(=O)C(C)NCc2nnc3n2CCCC3)sc1C. The Morgan fingerprint density at radius 1 is 1.35 bits per heavy atom. The van der Waals surface area contributed by atoms with Crippen molar-refractivity contribution in [1.82, 2.24) is 25.1 Å². The summed E-state index contributed by atoms with van der Waals surface area (Å²) in [5.41, 5.74) is 0.959. The van der Waals surface area contributed by atoms with Gasteiger partial charge >= 0.3 is 0 Å². The van der Waals surface area contributed by atoms with E-state index in [1.165, 1.54) is 17.8 Å². The largest absolute Gasteiger partial charge is 0.314 e. The fourth-order valence-electron chi connectivity index (χ4n) is 2.58. The maximum atomic E-state index is 12.2. The number of aryl methyl sites for hydroxylation is 3. The van der Waals surface area contributed by atoms with Crippen molar-refractivity contribution in [3.05, 3.63) is 22.2 Å². The Bertz CT molecular complexity index is 687. The highest BCUT2D eigenvalue weighted by Gasteiger charge is 2.18. The van der Waals surface area contributed by atoms with Gasteiger partial charge in [0.15, 0.2) is 5.13 Å². The maximum Gasteiger partial charge on any atom is 0.243 e. The molecule has 0 spiro atoms. The molecule has 1 atom stereocenters. The molecule has 1 aliphatic heterocycles. The third kappa shape index (κ3) is 3.59. The average Bonchev–Trinajstić information content (AvgIpc) is 3.08. The van der Waals surface area contributed by atoms with Crippen molar-refractivity contribution in [2.75, 3.05) is 5.32 Å². The second kappa shape index (κ2) is 6.76. The van der Waals surface area contributed by atoms with E-state index in [1.54, 1.807) is 0 Å². The lowest BCUT2D eigenvalue weighted by Gasteiger charge is -2.16. The Kier molecular flexibility index (Phi) is 4.72. The van der Waals surface area contributed by atoms with Gasteiger partial charge in [0.25, 0.3) is 0 Å². The van der Waals surface area contributed by atoms with Crippen molar-refractivity contribution < 1.29 is 4.79 Å². The summed E-state index contributed by atoms with van der Waals surface area (Å²) in [6, 6.07) is -0.323. The van der Waals surface area contributed by atoms with Gasteiger partial charge in [0.05, 0.1) is 18.3 Å². The molecule has 2 aromatic rings. The number of carbonyl (C=O) groups excluding carboxylic acids is 1. The minimum atomic E-state index is -0.323. The quantitative estimate of drug-likeness (QED) is 0.871. The molecule has 0 fully saturated rings. The Morgan fingerprint density at radius 3 is 2.91 bits per heavy atom. The Balaban J connectivity index is 1.55. The van der Waals surface area contributed by atoms with Crippen LogP contribution in [0.5, 0.6) is 0 Å². The number of anilines is 1. The normalized spacial score (nSPS) is 15.3. The first-order valence-electron chi connectivity index (χ1n) is 7.94. The van der Waals surface area contributed by atoms with Crippen LogP contribution in [0.3, 0.4) is 0 Å². The standard InChI is InChI=1S/C15H22N6OS/c1-9-11(3)23-15(17-9)18-14(22)10(2)16-8-13-20-19-12-6-4-5-7-21(12)13/h10,16H,4-8H2,1-3H3,(H,17,18,22). The van der Waals surface area contributed by atoms with E-state index in [1.807, 2.05) is 20.8 Å². The summed E-state index contributed by atoms with van der Waals surface area (Å²) in [5.74, 6) is 1.87. The molecule has 0 saturated carbocycles. The molecule has 1 aliphatic rings. The van der Waals surface area contributed by atoms with E-state index in [4.69, 9.17) is 0 Å². The van der Waals surface area contributed by atoms with Crippen LogP contribution in [-0.4, -0.2) is 31.7 Å². The molecule has 0 saturated heterocycles. The first-order valence-corrected chi connectivity index (χ1v) is 8.75. The van der Waals surface area contributed by atoms with Crippen molar-refractivity contribution >= 4 is 22.4 Å². The third-order valence-corrected chi connectivity index (χ3v) is 5.14. The number of carbonyl (C=O) groups is 1. The molecule has 3 heterocycles. The lowest BCUT2D eigenvalue weighted by molar-refractivity contribution is -0.117. The summed E-state index contributed by atoms with van der Waals surface area (Å²) in [6.07, 6.45) is 3.33. The van der Waals surface area contributed by atoms with E-state index in [0.29, 0.717) is 11.7 Å². The van der Waals surface area contributed by atoms with Gasteiger partial charge in [-0.15, -0.1) is 21.5 Å². The number of amides is 1. The first-order chi connectivity index (χ1) is 11.0. The first kappa shape index (κ1) is 16.1. The van der Waals surface area contributed by atoms with Crippen LogP contribution in [0.1, 0.15) is 42.0 Å². The summed E-state index contributed by atoms with van der Waals surface area (Å²) < 4.78 is 2.16.